The number of fused-ring (bicyclic) bond motifs is 1. The fourth-order valence-corrected chi connectivity index (χ4v) is 4.64. The van der Waals surface area contributed by atoms with Crippen LogP contribution in [0.25, 0.3) is 0 Å². The van der Waals surface area contributed by atoms with E-state index >= 15 is 0 Å². The van der Waals surface area contributed by atoms with Crippen LogP contribution in [0.3, 0.4) is 0 Å². The Hall–Kier alpha value is -3.27. The third-order valence-corrected chi connectivity index (χ3v) is 6.97. The number of unbranched alkanes of at least 4 members (excludes halogenated alkanes) is 1. The molecule has 1 amide bonds. The molecule has 1 atom stereocenters. The Morgan fingerprint density at radius 3 is 2.70 bits per heavy atom. The molecule has 10 heteroatoms. The molecule has 0 saturated heterocycles. The molecule has 0 spiro atoms. The SMILES string of the molecule is CC(=O)NCCN(CCCCc1ccc2c(n1)NCCC2)CCC(Nc1ncc(C2CC2)cn1)C(=O)O. The maximum Gasteiger partial charge on any atom is 0.326 e. The van der Waals surface area contributed by atoms with E-state index in [1.54, 1.807) is 12.4 Å². The molecule has 3 heterocycles. The van der Waals surface area contributed by atoms with E-state index in [4.69, 9.17) is 4.98 Å². The summed E-state index contributed by atoms with van der Waals surface area (Å²) in [4.78, 5) is 38.9. The van der Waals surface area contributed by atoms with Gasteiger partial charge in [0.15, 0.2) is 0 Å². The maximum atomic E-state index is 11.9. The van der Waals surface area contributed by atoms with Gasteiger partial charge in [-0.05, 0) is 81.0 Å². The largest absolute Gasteiger partial charge is 0.480 e. The maximum absolute atomic E-state index is 11.9. The van der Waals surface area contributed by atoms with Crippen LogP contribution in [0.5, 0.6) is 0 Å². The smallest absolute Gasteiger partial charge is 0.326 e. The van der Waals surface area contributed by atoms with Crippen LogP contribution in [-0.4, -0.2) is 75.6 Å². The van der Waals surface area contributed by atoms with E-state index in [2.05, 4.69) is 43.0 Å². The fourth-order valence-electron chi connectivity index (χ4n) is 4.64. The number of anilines is 2. The Bertz CT molecular complexity index is 1040. The van der Waals surface area contributed by atoms with Crippen LogP contribution < -0.4 is 16.0 Å². The molecule has 4 rings (SSSR count). The molecule has 37 heavy (non-hydrogen) atoms. The number of aliphatic carboxylic acids is 1. The van der Waals surface area contributed by atoms with Gasteiger partial charge in [0.25, 0.3) is 0 Å². The van der Waals surface area contributed by atoms with Crippen molar-refractivity contribution in [1.29, 1.82) is 0 Å². The lowest BCUT2D eigenvalue weighted by Gasteiger charge is -2.24. The Kier molecular flexibility index (Phi) is 9.65. The van der Waals surface area contributed by atoms with E-state index in [0.717, 1.165) is 62.3 Å². The number of carbonyl (C=O) groups is 2. The molecule has 1 aliphatic carbocycles. The molecular weight excluding hydrogens is 470 g/mol. The standard InChI is InChI=1S/C27H39N7O3/c1-19(35)28-13-16-34(14-3-2-6-23-10-9-21-5-4-12-29-25(21)32-23)15-11-24(26(36)37)33-27-30-17-22(18-31-27)20-7-8-20/h9-10,17-18,20,24H,2-8,11-16H2,1H3,(H,28,35)(H,29,32)(H,36,37)(H,30,31,33). The minimum atomic E-state index is -0.927. The molecule has 0 aromatic carbocycles. The van der Waals surface area contributed by atoms with Crippen LogP contribution in [0.1, 0.15) is 68.2 Å². The van der Waals surface area contributed by atoms with Crippen molar-refractivity contribution in [3.05, 3.63) is 41.3 Å². The molecule has 4 N–H and O–H groups in total. The molecule has 1 fully saturated rings. The van der Waals surface area contributed by atoms with Crippen LogP contribution in [0.4, 0.5) is 11.8 Å². The Balaban J connectivity index is 1.25. The first kappa shape index (κ1) is 26.8. The lowest BCUT2D eigenvalue weighted by atomic mass is 10.1. The topological polar surface area (TPSA) is 132 Å². The summed E-state index contributed by atoms with van der Waals surface area (Å²) in [5, 5.41) is 19.0. The molecule has 0 radical (unpaired) electrons. The first-order chi connectivity index (χ1) is 18.0. The number of hydrogen-bond acceptors (Lipinski definition) is 8. The van der Waals surface area contributed by atoms with Crippen molar-refractivity contribution in [3.8, 4) is 0 Å². The molecule has 1 unspecified atom stereocenters. The zero-order chi connectivity index (χ0) is 26.0. The minimum Gasteiger partial charge on any atom is -0.480 e. The molecule has 2 aliphatic rings. The predicted octanol–water partition coefficient (Wildman–Crippen LogP) is 2.82. The van der Waals surface area contributed by atoms with Gasteiger partial charge in [-0.25, -0.2) is 19.7 Å². The van der Waals surface area contributed by atoms with Gasteiger partial charge in [0, 0.05) is 51.2 Å². The van der Waals surface area contributed by atoms with Gasteiger partial charge in [-0.15, -0.1) is 0 Å². The van der Waals surface area contributed by atoms with E-state index in [1.807, 2.05) is 0 Å². The summed E-state index contributed by atoms with van der Waals surface area (Å²) in [6, 6.07) is 3.52. The lowest BCUT2D eigenvalue weighted by Crippen LogP contribution is -2.39. The normalized spacial score (nSPS) is 15.5. The van der Waals surface area contributed by atoms with Crippen molar-refractivity contribution in [1.82, 2.24) is 25.2 Å². The van der Waals surface area contributed by atoms with Gasteiger partial charge in [-0.1, -0.05) is 6.07 Å². The number of carbonyl (C=O) groups excluding carboxylic acids is 1. The summed E-state index contributed by atoms with van der Waals surface area (Å²) in [7, 11) is 0. The highest BCUT2D eigenvalue weighted by Crippen LogP contribution is 2.39. The number of nitrogens with one attached hydrogen (secondary N) is 3. The third-order valence-electron chi connectivity index (χ3n) is 6.97. The van der Waals surface area contributed by atoms with Gasteiger partial charge < -0.3 is 26.0 Å². The fraction of sp³-hybridized carbons (Fsp3) is 0.593. The van der Waals surface area contributed by atoms with Crippen molar-refractivity contribution in [2.45, 2.75) is 70.3 Å². The average molecular weight is 510 g/mol. The molecule has 10 nitrogen and oxygen atoms in total. The summed E-state index contributed by atoms with van der Waals surface area (Å²) in [5.41, 5.74) is 3.51. The van der Waals surface area contributed by atoms with Crippen molar-refractivity contribution >= 4 is 23.6 Å². The molecular formula is C27H39N7O3. The second-order valence-corrected chi connectivity index (χ2v) is 10.1. The number of amides is 1. The van der Waals surface area contributed by atoms with Crippen LogP contribution in [0, 0.1) is 0 Å². The number of carboxylic acid groups (broad SMARTS) is 1. The van der Waals surface area contributed by atoms with Crippen molar-refractivity contribution < 1.29 is 14.7 Å². The van der Waals surface area contributed by atoms with E-state index in [1.165, 1.54) is 25.3 Å². The summed E-state index contributed by atoms with van der Waals surface area (Å²) in [6.07, 6.45) is 11.4. The quantitative estimate of drug-likeness (QED) is 0.268. The molecule has 2 aromatic heterocycles. The van der Waals surface area contributed by atoms with Crippen LogP contribution in [-0.2, 0) is 22.4 Å². The van der Waals surface area contributed by atoms with Crippen molar-refractivity contribution in [3.63, 3.8) is 0 Å². The summed E-state index contributed by atoms with van der Waals surface area (Å²) in [6.45, 7) is 5.09. The summed E-state index contributed by atoms with van der Waals surface area (Å²) in [5.74, 6) is 0.932. The van der Waals surface area contributed by atoms with Crippen molar-refractivity contribution in [2.24, 2.45) is 0 Å². The third kappa shape index (κ3) is 8.66. The highest BCUT2D eigenvalue weighted by Gasteiger charge is 2.25. The van der Waals surface area contributed by atoms with E-state index in [-0.39, 0.29) is 5.91 Å². The first-order valence-electron chi connectivity index (χ1n) is 13.5. The average Bonchev–Trinajstić information content (AvgIpc) is 3.74. The highest BCUT2D eigenvalue weighted by molar-refractivity contribution is 5.76. The molecule has 2 aromatic rings. The monoisotopic (exact) mass is 509 g/mol. The van der Waals surface area contributed by atoms with Gasteiger partial charge in [0.2, 0.25) is 11.9 Å². The van der Waals surface area contributed by atoms with Crippen molar-refractivity contribution in [2.75, 3.05) is 43.4 Å². The van der Waals surface area contributed by atoms with E-state index < -0.39 is 12.0 Å². The number of carboxylic acids is 1. The van der Waals surface area contributed by atoms with Gasteiger partial charge in [0.05, 0.1) is 0 Å². The number of hydrogen-bond donors (Lipinski definition) is 4. The minimum absolute atomic E-state index is 0.0658. The van der Waals surface area contributed by atoms with Gasteiger partial charge >= 0.3 is 5.97 Å². The molecule has 200 valence electrons. The van der Waals surface area contributed by atoms with Crippen LogP contribution >= 0.6 is 0 Å². The zero-order valence-corrected chi connectivity index (χ0v) is 21.7. The number of aromatic nitrogens is 3. The Morgan fingerprint density at radius 2 is 1.97 bits per heavy atom. The second kappa shape index (κ2) is 13.3. The first-order valence-corrected chi connectivity index (χ1v) is 13.5. The summed E-state index contributed by atoms with van der Waals surface area (Å²) < 4.78 is 0. The molecule has 1 aliphatic heterocycles. The Labute approximate surface area is 218 Å². The zero-order valence-electron chi connectivity index (χ0n) is 21.7. The second-order valence-electron chi connectivity index (χ2n) is 10.1. The van der Waals surface area contributed by atoms with Gasteiger partial charge in [-0.2, -0.15) is 0 Å². The van der Waals surface area contributed by atoms with E-state index in [9.17, 15) is 14.7 Å². The molecule has 1 saturated carbocycles. The van der Waals surface area contributed by atoms with Gasteiger partial charge in [0.1, 0.15) is 11.9 Å². The van der Waals surface area contributed by atoms with Crippen LogP contribution in [0.15, 0.2) is 24.5 Å². The number of pyridine rings is 1. The highest BCUT2D eigenvalue weighted by atomic mass is 16.4. The van der Waals surface area contributed by atoms with Gasteiger partial charge in [-0.3, -0.25) is 4.79 Å². The number of nitrogens with zero attached hydrogens (tertiary/aromatic N) is 4. The summed E-state index contributed by atoms with van der Waals surface area (Å²) >= 11 is 0. The number of aryl methyl sites for hydroxylation is 2. The Morgan fingerprint density at radius 1 is 1.16 bits per heavy atom. The predicted molar refractivity (Wildman–Crippen MR) is 143 cm³/mol. The molecule has 0 bridgehead atoms. The lowest BCUT2D eigenvalue weighted by molar-refractivity contribution is -0.138. The van der Waals surface area contributed by atoms with Crippen LogP contribution in [0.2, 0.25) is 0 Å². The van der Waals surface area contributed by atoms with E-state index in [0.29, 0.717) is 37.9 Å². The number of rotatable bonds is 15.